The standard InChI is InChI=1S/C14H9F6N3O/c1-8-4-2-6-23-10(8)21-12(13(15,16)17,14(18,19)20)22-11(23)9-5-3-7-24-9/h2-7H,1H3. The number of hydrogen-bond donors (Lipinski definition) is 0. The summed E-state index contributed by atoms with van der Waals surface area (Å²) < 4.78 is 85.2. The van der Waals surface area contributed by atoms with E-state index in [1.165, 1.54) is 37.4 Å². The number of nitrogens with zero attached hydrogens (tertiary/aromatic N) is 3. The summed E-state index contributed by atoms with van der Waals surface area (Å²) in [5, 5.41) is 0. The highest BCUT2D eigenvalue weighted by Gasteiger charge is 2.74. The molecular formula is C14H9F6N3O. The number of hydrogen-bond acceptors (Lipinski definition) is 4. The van der Waals surface area contributed by atoms with E-state index in [4.69, 9.17) is 4.42 Å². The summed E-state index contributed by atoms with van der Waals surface area (Å²) in [5.41, 5.74) is -4.46. The number of alkyl halides is 6. The Morgan fingerprint density at radius 3 is 2.21 bits per heavy atom. The minimum Gasteiger partial charge on any atom is -0.461 e. The first-order valence-electron chi connectivity index (χ1n) is 6.58. The minimum absolute atomic E-state index is 0.134. The van der Waals surface area contributed by atoms with Gasteiger partial charge < -0.3 is 4.42 Å². The van der Waals surface area contributed by atoms with Crippen LogP contribution in [0.1, 0.15) is 12.7 Å². The average Bonchev–Trinajstić information content (AvgIpc) is 2.98. The van der Waals surface area contributed by atoms with E-state index < -0.39 is 29.7 Å². The van der Waals surface area contributed by atoms with Crippen molar-refractivity contribution in [1.82, 2.24) is 4.90 Å². The van der Waals surface area contributed by atoms with Crippen LogP contribution in [0.2, 0.25) is 0 Å². The van der Waals surface area contributed by atoms with Gasteiger partial charge in [-0.25, -0.2) is 9.98 Å². The SMILES string of the molecule is CC1=CC=CN2C1=NC(C(F)(F)F)(C(F)(F)F)N=C2c1ccco1. The average molecular weight is 349 g/mol. The molecule has 0 amide bonds. The van der Waals surface area contributed by atoms with Crippen molar-refractivity contribution in [2.24, 2.45) is 9.98 Å². The maximum absolute atomic E-state index is 13.4. The molecule has 0 saturated heterocycles. The first-order chi connectivity index (χ1) is 11.1. The van der Waals surface area contributed by atoms with E-state index in [9.17, 15) is 26.3 Å². The lowest BCUT2D eigenvalue weighted by Gasteiger charge is -2.38. The Morgan fingerprint density at radius 1 is 1.04 bits per heavy atom. The van der Waals surface area contributed by atoms with Crippen LogP contribution in [-0.4, -0.2) is 34.6 Å². The van der Waals surface area contributed by atoms with Gasteiger partial charge in [-0.05, 0) is 30.7 Å². The van der Waals surface area contributed by atoms with E-state index in [1.54, 1.807) is 0 Å². The molecule has 1 aromatic rings. The molecule has 0 bridgehead atoms. The second kappa shape index (κ2) is 4.99. The highest BCUT2D eigenvalue weighted by atomic mass is 19.4. The van der Waals surface area contributed by atoms with Gasteiger partial charge >= 0.3 is 18.0 Å². The Balaban J connectivity index is 2.31. The molecule has 0 N–H and O–H groups in total. The number of amidine groups is 2. The van der Waals surface area contributed by atoms with Crippen molar-refractivity contribution >= 4 is 11.7 Å². The molecule has 1 aromatic heterocycles. The summed E-state index contributed by atoms with van der Waals surface area (Å²) in [6, 6.07) is 2.56. The fourth-order valence-electron chi connectivity index (χ4n) is 2.30. The van der Waals surface area contributed by atoms with Crippen molar-refractivity contribution in [1.29, 1.82) is 0 Å². The molecule has 0 aliphatic carbocycles. The van der Waals surface area contributed by atoms with E-state index in [0.717, 1.165) is 11.2 Å². The van der Waals surface area contributed by atoms with Crippen molar-refractivity contribution < 1.29 is 30.8 Å². The molecule has 128 valence electrons. The van der Waals surface area contributed by atoms with Gasteiger partial charge in [0.1, 0.15) is 5.84 Å². The van der Waals surface area contributed by atoms with Crippen LogP contribution < -0.4 is 0 Å². The Kier molecular flexibility index (Phi) is 3.40. The molecule has 0 atom stereocenters. The van der Waals surface area contributed by atoms with E-state index in [-0.39, 0.29) is 11.3 Å². The van der Waals surface area contributed by atoms with Crippen molar-refractivity contribution in [2.45, 2.75) is 24.9 Å². The molecule has 0 saturated carbocycles. The first kappa shape index (κ1) is 16.3. The topological polar surface area (TPSA) is 41.1 Å². The van der Waals surface area contributed by atoms with Gasteiger partial charge in [-0.1, -0.05) is 6.08 Å². The number of halogens is 6. The molecule has 10 heteroatoms. The van der Waals surface area contributed by atoms with Crippen LogP contribution in [0.25, 0.3) is 0 Å². The van der Waals surface area contributed by atoms with Crippen LogP contribution in [0.4, 0.5) is 26.3 Å². The lowest BCUT2D eigenvalue weighted by Crippen LogP contribution is -2.59. The molecule has 0 fully saturated rings. The summed E-state index contributed by atoms with van der Waals surface area (Å²) in [7, 11) is 0. The molecule has 2 aliphatic rings. The molecule has 0 radical (unpaired) electrons. The molecular weight excluding hydrogens is 340 g/mol. The molecule has 0 spiro atoms. The maximum atomic E-state index is 13.4. The molecule has 4 nitrogen and oxygen atoms in total. The van der Waals surface area contributed by atoms with Gasteiger partial charge in [-0.2, -0.15) is 26.3 Å². The van der Waals surface area contributed by atoms with Gasteiger partial charge in [-0.3, -0.25) is 4.90 Å². The third-order valence-electron chi connectivity index (χ3n) is 3.46. The summed E-state index contributed by atoms with van der Waals surface area (Å²) in [4.78, 5) is 6.94. The molecule has 24 heavy (non-hydrogen) atoms. The Morgan fingerprint density at radius 2 is 1.67 bits per heavy atom. The fourth-order valence-corrected chi connectivity index (χ4v) is 2.30. The third kappa shape index (κ3) is 2.24. The Bertz CT molecular complexity index is 753. The zero-order chi connectivity index (χ0) is 17.8. The van der Waals surface area contributed by atoms with Crippen LogP contribution in [-0.2, 0) is 0 Å². The van der Waals surface area contributed by atoms with E-state index in [0.29, 0.717) is 0 Å². The highest BCUT2D eigenvalue weighted by Crippen LogP contribution is 2.49. The van der Waals surface area contributed by atoms with Gasteiger partial charge in [0.2, 0.25) is 0 Å². The van der Waals surface area contributed by atoms with Crippen molar-refractivity contribution in [3.63, 3.8) is 0 Å². The number of aliphatic imine (C=N–C) groups is 2. The van der Waals surface area contributed by atoms with Crippen LogP contribution in [0.5, 0.6) is 0 Å². The molecule has 0 aromatic carbocycles. The summed E-state index contributed by atoms with van der Waals surface area (Å²) in [5.74, 6) is -1.35. The maximum Gasteiger partial charge on any atom is 0.443 e. The van der Waals surface area contributed by atoms with Gasteiger partial charge in [0.15, 0.2) is 11.6 Å². The predicted octanol–water partition coefficient (Wildman–Crippen LogP) is 4.03. The zero-order valence-corrected chi connectivity index (χ0v) is 12.0. The number of furan rings is 1. The van der Waals surface area contributed by atoms with Crippen molar-refractivity contribution in [3.8, 4) is 0 Å². The van der Waals surface area contributed by atoms with Crippen molar-refractivity contribution in [2.75, 3.05) is 0 Å². The zero-order valence-electron chi connectivity index (χ0n) is 12.0. The normalized spacial score (nSPS) is 20.3. The highest BCUT2D eigenvalue weighted by molar-refractivity contribution is 6.16. The van der Waals surface area contributed by atoms with E-state index in [2.05, 4.69) is 9.98 Å². The second-order valence-corrected chi connectivity index (χ2v) is 5.08. The Labute approximate surface area is 131 Å². The number of rotatable bonds is 1. The molecule has 3 heterocycles. The quantitative estimate of drug-likeness (QED) is 0.718. The van der Waals surface area contributed by atoms with E-state index >= 15 is 0 Å². The molecule has 3 rings (SSSR count). The van der Waals surface area contributed by atoms with E-state index in [1.807, 2.05) is 0 Å². The van der Waals surface area contributed by atoms with Gasteiger partial charge in [0.25, 0.3) is 0 Å². The van der Waals surface area contributed by atoms with Crippen LogP contribution >= 0.6 is 0 Å². The van der Waals surface area contributed by atoms with Crippen LogP contribution in [0.3, 0.4) is 0 Å². The first-order valence-corrected chi connectivity index (χ1v) is 6.58. The smallest absolute Gasteiger partial charge is 0.443 e. The number of allylic oxidation sites excluding steroid dienone is 2. The van der Waals surface area contributed by atoms with Gasteiger partial charge in [0, 0.05) is 6.20 Å². The Hall–Kier alpha value is -2.52. The second-order valence-electron chi connectivity index (χ2n) is 5.08. The number of fused-ring (bicyclic) bond motifs is 1. The lowest BCUT2D eigenvalue weighted by atomic mass is 10.1. The fraction of sp³-hybridized carbons (Fsp3) is 0.286. The van der Waals surface area contributed by atoms with Crippen molar-refractivity contribution in [3.05, 3.63) is 48.1 Å². The largest absolute Gasteiger partial charge is 0.461 e. The lowest BCUT2D eigenvalue weighted by molar-refractivity contribution is -0.292. The molecule has 2 aliphatic heterocycles. The van der Waals surface area contributed by atoms with Gasteiger partial charge in [-0.15, -0.1) is 0 Å². The summed E-state index contributed by atoms with van der Waals surface area (Å²) in [6.07, 6.45) is -6.33. The summed E-state index contributed by atoms with van der Waals surface area (Å²) >= 11 is 0. The van der Waals surface area contributed by atoms with Crippen LogP contribution in [0.15, 0.2) is 56.7 Å². The van der Waals surface area contributed by atoms with Gasteiger partial charge in [0.05, 0.1) is 6.26 Å². The minimum atomic E-state index is -5.77. The third-order valence-corrected chi connectivity index (χ3v) is 3.46. The van der Waals surface area contributed by atoms with Crippen LogP contribution in [0, 0.1) is 0 Å². The summed E-state index contributed by atoms with van der Waals surface area (Å²) in [6.45, 7) is 1.36. The molecule has 0 unspecified atom stereocenters. The predicted molar refractivity (Wildman–Crippen MR) is 72.3 cm³/mol. The monoisotopic (exact) mass is 349 g/mol.